The smallest absolute Gasteiger partial charge is 0.123 e. The van der Waals surface area contributed by atoms with Crippen molar-refractivity contribution in [3.63, 3.8) is 0 Å². The number of nitrogen functional groups attached to an aromatic ring is 1. The summed E-state index contributed by atoms with van der Waals surface area (Å²) >= 11 is 6.57. The number of pyridine rings is 2. The topological polar surface area (TPSA) is 51.8 Å². The molecule has 0 aliphatic heterocycles. The highest BCUT2D eigenvalue weighted by atomic mass is 35.5. The molecule has 0 bridgehead atoms. The molecule has 106 valence electrons. The fourth-order valence-electron chi connectivity index (χ4n) is 2.63. The predicted molar refractivity (Wildman–Crippen MR) is 88.6 cm³/mol. The van der Waals surface area contributed by atoms with Gasteiger partial charge in [0.05, 0.1) is 5.02 Å². The van der Waals surface area contributed by atoms with Gasteiger partial charge in [0.15, 0.2) is 0 Å². The third-order valence-corrected chi connectivity index (χ3v) is 4.25. The van der Waals surface area contributed by atoms with E-state index >= 15 is 0 Å². The molecule has 21 heavy (non-hydrogen) atoms. The molecule has 0 radical (unpaired) electrons. The van der Waals surface area contributed by atoms with Crippen LogP contribution in [0.3, 0.4) is 0 Å². The Bertz CT molecular complexity index is 856. The Morgan fingerprint density at radius 2 is 1.71 bits per heavy atom. The number of rotatable bonds is 1. The van der Waals surface area contributed by atoms with Crippen LogP contribution in [-0.4, -0.2) is 9.97 Å². The molecule has 3 aromatic rings. The number of hydrogen-bond acceptors (Lipinski definition) is 3. The standard InChI is InChI=1S/C17H16ClN3/c1-9-4-10(2)20-7-14(9)13-5-12-6-16(19)21-8-15(12)11(3)17(13)18/h4-8H,1-3H3,(H2,19,21). The van der Waals surface area contributed by atoms with Crippen molar-refractivity contribution >= 4 is 28.2 Å². The van der Waals surface area contributed by atoms with Gasteiger partial charge >= 0.3 is 0 Å². The summed E-state index contributed by atoms with van der Waals surface area (Å²) in [5.74, 6) is 0.508. The molecule has 0 unspecified atom stereocenters. The molecule has 3 nitrogen and oxygen atoms in total. The second kappa shape index (κ2) is 5.01. The van der Waals surface area contributed by atoms with E-state index in [0.717, 1.165) is 43.7 Å². The highest BCUT2D eigenvalue weighted by Crippen LogP contribution is 2.37. The highest BCUT2D eigenvalue weighted by molar-refractivity contribution is 6.35. The first kappa shape index (κ1) is 13.8. The zero-order chi connectivity index (χ0) is 15.1. The van der Waals surface area contributed by atoms with Gasteiger partial charge in [0.2, 0.25) is 0 Å². The van der Waals surface area contributed by atoms with Crippen molar-refractivity contribution in [2.75, 3.05) is 5.73 Å². The third-order valence-electron chi connectivity index (χ3n) is 3.76. The SMILES string of the molecule is Cc1cc(C)c(-c2cc3cc(N)ncc3c(C)c2Cl)cn1. The molecular weight excluding hydrogens is 282 g/mol. The van der Waals surface area contributed by atoms with Crippen LogP contribution < -0.4 is 5.73 Å². The predicted octanol–water partition coefficient (Wildman–Crippen LogP) is 4.46. The van der Waals surface area contributed by atoms with Gasteiger partial charge in [-0.15, -0.1) is 0 Å². The van der Waals surface area contributed by atoms with Gasteiger partial charge in [0.25, 0.3) is 0 Å². The highest BCUT2D eigenvalue weighted by Gasteiger charge is 2.13. The lowest BCUT2D eigenvalue weighted by Crippen LogP contribution is -1.94. The van der Waals surface area contributed by atoms with E-state index in [9.17, 15) is 0 Å². The van der Waals surface area contributed by atoms with Gasteiger partial charge in [-0.3, -0.25) is 4.98 Å². The molecule has 3 rings (SSSR count). The van der Waals surface area contributed by atoms with Gasteiger partial charge in [0.1, 0.15) is 5.82 Å². The van der Waals surface area contributed by atoms with Crippen LogP contribution in [0.5, 0.6) is 0 Å². The Balaban J connectivity index is 2.34. The summed E-state index contributed by atoms with van der Waals surface area (Å²) in [6, 6.07) is 5.99. The number of hydrogen-bond donors (Lipinski definition) is 1. The fourth-order valence-corrected chi connectivity index (χ4v) is 2.89. The summed E-state index contributed by atoms with van der Waals surface area (Å²) < 4.78 is 0. The second-order valence-electron chi connectivity index (χ2n) is 5.33. The molecule has 2 N–H and O–H groups in total. The molecule has 0 amide bonds. The Kier molecular flexibility index (Phi) is 3.30. The van der Waals surface area contributed by atoms with Crippen LogP contribution in [0.4, 0.5) is 5.82 Å². The number of aryl methyl sites for hydroxylation is 3. The van der Waals surface area contributed by atoms with E-state index in [1.807, 2.05) is 26.1 Å². The maximum absolute atomic E-state index is 6.57. The molecule has 0 atom stereocenters. The molecular formula is C17H16ClN3. The minimum Gasteiger partial charge on any atom is -0.384 e. The van der Waals surface area contributed by atoms with Crippen molar-refractivity contribution < 1.29 is 0 Å². The number of halogens is 1. The summed E-state index contributed by atoms with van der Waals surface area (Å²) in [7, 11) is 0. The molecule has 4 heteroatoms. The largest absolute Gasteiger partial charge is 0.384 e. The van der Waals surface area contributed by atoms with Gasteiger partial charge in [-0.2, -0.15) is 0 Å². The lowest BCUT2D eigenvalue weighted by atomic mass is 9.96. The van der Waals surface area contributed by atoms with E-state index in [-0.39, 0.29) is 0 Å². The lowest BCUT2D eigenvalue weighted by Gasteiger charge is -2.13. The van der Waals surface area contributed by atoms with Crippen LogP contribution in [-0.2, 0) is 0 Å². The van der Waals surface area contributed by atoms with Crippen LogP contribution >= 0.6 is 11.6 Å². The van der Waals surface area contributed by atoms with Gasteiger partial charge in [-0.05, 0) is 55.5 Å². The zero-order valence-corrected chi connectivity index (χ0v) is 13.0. The molecule has 2 heterocycles. The van der Waals surface area contributed by atoms with E-state index < -0.39 is 0 Å². The first-order valence-corrected chi connectivity index (χ1v) is 7.13. The van der Waals surface area contributed by atoms with Crippen molar-refractivity contribution in [2.45, 2.75) is 20.8 Å². The Hall–Kier alpha value is -2.13. The van der Waals surface area contributed by atoms with Gasteiger partial charge in [0, 0.05) is 34.6 Å². The normalized spacial score (nSPS) is 11.0. The Morgan fingerprint density at radius 1 is 0.952 bits per heavy atom. The van der Waals surface area contributed by atoms with Crippen LogP contribution in [0.2, 0.25) is 5.02 Å². The number of nitrogens with two attached hydrogens (primary N) is 1. The van der Waals surface area contributed by atoms with E-state index in [2.05, 4.69) is 29.0 Å². The van der Waals surface area contributed by atoms with Gasteiger partial charge in [-0.1, -0.05) is 11.6 Å². The van der Waals surface area contributed by atoms with Crippen molar-refractivity contribution in [1.82, 2.24) is 9.97 Å². The average Bonchev–Trinajstić information content (AvgIpc) is 2.43. The number of benzene rings is 1. The van der Waals surface area contributed by atoms with E-state index in [4.69, 9.17) is 17.3 Å². The number of nitrogens with zero attached hydrogens (tertiary/aromatic N) is 2. The third kappa shape index (κ3) is 2.34. The zero-order valence-electron chi connectivity index (χ0n) is 12.2. The van der Waals surface area contributed by atoms with Crippen LogP contribution in [0.25, 0.3) is 21.9 Å². The monoisotopic (exact) mass is 297 g/mol. The summed E-state index contributed by atoms with van der Waals surface area (Å²) in [4.78, 5) is 8.54. The van der Waals surface area contributed by atoms with E-state index in [0.29, 0.717) is 5.82 Å². The van der Waals surface area contributed by atoms with Crippen LogP contribution in [0.15, 0.2) is 30.6 Å². The maximum Gasteiger partial charge on any atom is 0.123 e. The van der Waals surface area contributed by atoms with Gasteiger partial charge in [-0.25, -0.2) is 4.98 Å². The molecule has 0 aliphatic rings. The summed E-state index contributed by atoms with van der Waals surface area (Å²) in [5.41, 5.74) is 11.0. The summed E-state index contributed by atoms with van der Waals surface area (Å²) in [5, 5.41) is 2.80. The lowest BCUT2D eigenvalue weighted by molar-refractivity contribution is 1.18. The molecule has 1 aromatic carbocycles. The number of anilines is 1. The maximum atomic E-state index is 6.57. The van der Waals surface area contributed by atoms with Gasteiger partial charge < -0.3 is 5.73 Å². The quantitative estimate of drug-likeness (QED) is 0.721. The van der Waals surface area contributed by atoms with Crippen LogP contribution in [0, 0.1) is 20.8 Å². The van der Waals surface area contributed by atoms with Crippen molar-refractivity contribution in [2.24, 2.45) is 0 Å². The van der Waals surface area contributed by atoms with Crippen molar-refractivity contribution in [1.29, 1.82) is 0 Å². The molecule has 0 spiro atoms. The molecule has 0 saturated heterocycles. The van der Waals surface area contributed by atoms with E-state index in [1.54, 1.807) is 6.20 Å². The summed E-state index contributed by atoms with van der Waals surface area (Å²) in [6.45, 7) is 6.06. The molecule has 2 aromatic heterocycles. The first-order valence-electron chi connectivity index (χ1n) is 6.75. The van der Waals surface area contributed by atoms with Crippen LogP contribution in [0.1, 0.15) is 16.8 Å². The molecule has 0 aliphatic carbocycles. The summed E-state index contributed by atoms with van der Waals surface area (Å²) in [6.07, 6.45) is 3.65. The Labute approximate surface area is 128 Å². The fraction of sp³-hybridized carbons (Fsp3) is 0.176. The average molecular weight is 298 g/mol. The van der Waals surface area contributed by atoms with Crippen molar-refractivity contribution in [3.05, 3.63) is 52.4 Å². The first-order chi connectivity index (χ1) is 9.97. The Morgan fingerprint density at radius 3 is 2.43 bits per heavy atom. The molecule has 0 fully saturated rings. The number of aromatic nitrogens is 2. The second-order valence-corrected chi connectivity index (χ2v) is 5.71. The minimum absolute atomic E-state index is 0.508. The van der Waals surface area contributed by atoms with E-state index in [1.165, 1.54) is 0 Å². The minimum atomic E-state index is 0.508. The number of fused-ring (bicyclic) bond motifs is 1. The van der Waals surface area contributed by atoms with Crippen molar-refractivity contribution in [3.8, 4) is 11.1 Å². The molecule has 0 saturated carbocycles.